The van der Waals surface area contributed by atoms with E-state index in [2.05, 4.69) is 4.99 Å². The number of nitrogens with one attached hydrogen (secondary N) is 1. The molecule has 0 aromatic heterocycles. The van der Waals surface area contributed by atoms with E-state index in [1.54, 1.807) is 41.9 Å². The van der Waals surface area contributed by atoms with Gasteiger partial charge in [-0.05, 0) is 53.4 Å². The molecule has 0 spiro atoms. The number of amides is 1. The molecule has 138 valence electrons. The fourth-order valence-corrected chi connectivity index (χ4v) is 3.29. The Morgan fingerprint density at radius 1 is 1.14 bits per heavy atom. The zero-order valence-electron chi connectivity index (χ0n) is 14.3. The third kappa shape index (κ3) is 3.49. The van der Waals surface area contributed by atoms with Gasteiger partial charge in [0, 0.05) is 6.20 Å². The number of hydrogen-bond acceptors (Lipinski definition) is 5. The van der Waals surface area contributed by atoms with Gasteiger partial charge < -0.3 is 4.74 Å². The SMILES string of the molecule is N=C1/C(=C\c2ccc(OC(=O)c3ccc(F)cc3)cc2)C(=O)N=C2SC=CN12. The Morgan fingerprint density at radius 3 is 2.57 bits per heavy atom. The number of hydrogen-bond donors (Lipinski definition) is 1. The number of benzene rings is 2. The van der Waals surface area contributed by atoms with E-state index in [-0.39, 0.29) is 17.0 Å². The first-order valence-electron chi connectivity index (χ1n) is 8.15. The van der Waals surface area contributed by atoms with Crippen LogP contribution in [0.5, 0.6) is 5.75 Å². The zero-order valence-corrected chi connectivity index (χ0v) is 15.1. The highest BCUT2D eigenvalue weighted by Crippen LogP contribution is 2.27. The maximum Gasteiger partial charge on any atom is 0.343 e. The summed E-state index contributed by atoms with van der Waals surface area (Å²) in [4.78, 5) is 29.8. The molecule has 28 heavy (non-hydrogen) atoms. The molecule has 4 rings (SSSR count). The Bertz CT molecular complexity index is 1070. The van der Waals surface area contributed by atoms with Crippen LogP contribution in [0.2, 0.25) is 0 Å². The van der Waals surface area contributed by atoms with Crippen molar-refractivity contribution in [1.82, 2.24) is 4.90 Å². The maximum absolute atomic E-state index is 12.9. The van der Waals surface area contributed by atoms with Crippen molar-refractivity contribution in [3.05, 3.63) is 82.7 Å². The van der Waals surface area contributed by atoms with Gasteiger partial charge in [-0.15, -0.1) is 0 Å². The van der Waals surface area contributed by atoms with Crippen molar-refractivity contribution < 1.29 is 18.7 Å². The third-order valence-electron chi connectivity index (χ3n) is 3.99. The Kier molecular flexibility index (Phi) is 4.62. The van der Waals surface area contributed by atoms with Crippen molar-refractivity contribution in [2.45, 2.75) is 0 Å². The van der Waals surface area contributed by atoms with Crippen LogP contribution in [-0.4, -0.2) is 27.8 Å². The van der Waals surface area contributed by atoms with Gasteiger partial charge in [-0.25, -0.2) is 9.18 Å². The first kappa shape index (κ1) is 17.9. The number of thioether (sulfide) groups is 1. The molecule has 0 saturated carbocycles. The molecule has 2 heterocycles. The van der Waals surface area contributed by atoms with Crippen molar-refractivity contribution in [1.29, 1.82) is 5.41 Å². The number of carbonyl (C=O) groups is 2. The molecule has 0 atom stereocenters. The molecule has 8 heteroatoms. The number of carbonyl (C=O) groups excluding carboxylic acids is 2. The topological polar surface area (TPSA) is 82.8 Å². The number of fused-ring (bicyclic) bond motifs is 1. The zero-order chi connectivity index (χ0) is 19.7. The van der Waals surface area contributed by atoms with Crippen LogP contribution in [0.25, 0.3) is 6.08 Å². The van der Waals surface area contributed by atoms with Crippen molar-refractivity contribution >= 4 is 40.7 Å². The number of rotatable bonds is 3. The van der Waals surface area contributed by atoms with Gasteiger partial charge in [-0.3, -0.25) is 15.1 Å². The summed E-state index contributed by atoms with van der Waals surface area (Å²) in [6.07, 6.45) is 3.25. The predicted octanol–water partition coefficient (Wildman–Crippen LogP) is 3.82. The molecule has 2 aliphatic heterocycles. The lowest BCUT2D eigenvalue weighted by Gasteiger charge is -2.22. The Morgan fingerprint density at radius 2 is 1.86 bits per heavy atom. The van der Waals surface area contributed by atoms with Gasteiger partial charge in [0.1, 0.15) is 17.4 Å². The smallest absolute Gasteiger partial charge is 0.343 e. The Hall–Kier alpha value is -3.52. The van der Waals surface area contributed by atoms with E-state index in [1.807, 2.05) is 0 Å². The molecular weight excluding hydrogens is 381 g/mol. The van der Waals surface area contributed by atoms with Crippen LogP contribution in [0, 0.1) is 11.2 Å². The van der Waals surface area contributed by atoms with Crippen LogP contribution in [0.4, 0.5) is 4.39 Å². The lowest BCUT2D eigenvalue weighted by molar-refractivity contribution is -0.114. The highest BCUT2D eigenvalue weighted by molar-refractivity contribution is 8.16. The normalized spacial score (nSPS) is 17.0. The minimum absolute atomic E-state index is 0.0584. The summed E-state index contributed by atoms with van der Waals surface area (Å²) in [7, 11) is 0. The molecular formula is C20H12FN3O3S. The average molecular weight is 393 g/mol. The summed E-state index contributed by atoms with van der Waals surface area (Å²) in [5.41, 5.74) is 1.06. The second kappa shape index (κ2) is 7.24. The summed E-state index contributed by atoms with van der Waals surface area (Å²) in [6, 6.07) is 11.5. The molecule has 2 aliphatic rings. The van der Waals surface area contributed by atoms with Crippen LogP contribution < -0.4 is 4.74 Å². The minimum Gasteiger partial charge on any atom is -0.423 e. The minimum atomic E-state index is -0.601. The molecule has 0 fully saturated rings. The van der Waals surface area contributed by atoms with Crippen LogP contribution in [0.15, 0.2) is 70.7 Å². The van der Waals surface area contributed by atoms with Gasteiger partial charge >= 0.3 is 5.97 Å². The number of amidine groups is 2. The number of halogens is 1. The van der Waals surface area contributed by atoms with E-state index in [4.69, 9.17) is 10.1 Å². The summed E-state index contributed by atoms with van der Waals surface area (Å²) < 4.78 is 18.2. The van der Waals surface area contributed by atoms with Gasteiger partial charge in [-0.2, -0.15) is 4.99 Å². The maximum atomic E-state index is 12.9. The summed E-state index contributed by atoms with van der Waals surface area (Å²) in [5.74, 6) is -1.14. The van der Waals surface area contributed by atoms with E-state index in [0.717, 1.165) is 0 Å². The molecule has 0 unspecified atom stereocenters. The van der Waals surface area contributed by atoms with E-state index in [1.165, 1.54) is 40.9 Å². The molecule has 1 amide bonds. The summed E-state index contributed by atoms with van der Waals surface area (Å²) >= 11 is 1.29. The van der Waals surface area contributed by atoms with Crippen molar-refractivity contribution in [3.63, 3.8) is 0 Å². The second-order valence-corrected chi connectivity index (χ2v) is 6.72. The van der Waals surface area contributed by atoms with Crippen molar-refractivity contribution in [2.24, 2.45) is 4.99 Å². The molecule has 0 saturated heterocycles. The van der Waals surface area contributed by atoms with E-state index >= 15 is 0 Å². The third-order valence-corrected chi connectivity index (χ3v) is 4.75. The average Bonchev–Trinajstić information content (AvgIpc) is 3.15. The molecule has 6 nitrogen and oxygen atoms in total. The highest BCUT2D eigenvalue weighted by atomic mass is 32.2. The van der Waals surface area contributed by atoms with Crippen LogP contribution in [0.3, 0.4) is 0 Å². The van der Waals surface area contributed by atoms with Gasteiger partial charge in [0.05, 0.1) is 11.1 Å². The summed E-state index contributed by atoms with van der Waals surface area (Å²) in [6.45, 7) is 0. The largest absolute Gasteiger partial charge is 0.423 e. The van der Waals surface area contributed by atoms with Crippen LogP contribution in [0.1, 0.15) is 15.9 Å². The number of nitrogens with zero attached hydrogens (tertiary/aromatic N) is 2. The molecule has 2 aromatic rings. The lowest BCUT2D eigenvalue weighted by atomic mass is 10.1. The quantitative estimate of drug-likeness (QED) is 0.487. The van der Waals surface area contributed by atoms with Gasteiger partial charge in [0.25, 0.3) is 5.91 Å². The molecule has 2 aromatic carbocycles. The fourth-order valence-electron chi connectivity index (χ4n) is 2.58. The highest BCUT2D eigenvalue weighted by Gasteiger charge is 2.30. The standard InChI is InChI=1S/C20H12FN3O3S/c21-14-5-3-13(4-6-14)19(26)27-15-7-1-12(2-8-15)11-16-17(22)24-9-10-28-20(24)23-18(16)25/h1-11,22H/b16-11+,22-17?. The van der Waals surface area contributed by atoms with E-state index < -0.39 is 17.7 Å². The fraction of sp³-hybridized carbons (Fsp3) is 0. The Balaban J connectivity index is 1.50. The molecule has 0 bridgehead atoms. The second-order valence-electron chi connectivity index (χ2n) is 5.84. The number of aliphatic imine (C=N–C) groups is 1. The Labute approximate surface area is 163 Å². The van der Waals surface area contributed by atoms with E-state index in [9.17, 15) is 14.0 Å². The first-order chi connectivity index (χ1) is 13.5. The monoisotopic (exact) mass is 393 g/mol. The van der Waals surface area contributed by atoms with Crippen LogP contribution in [-0.2, 0) is 4.79 Å². The molecule has 1 N–H and O–H groups in total. The predicted molar refractivity (Wildman–Crippen MR) is 105 cm³/mol. The molecule has 0 aliphatic carbocycles. The van der Waals surface area contributed by atoms with Crippen LogP contribution >= 0.6 is 11.8 Å². The number of ether oxygens (including phenoxy) is 1. The van der Waals surface area contributed by atoms with Crippen molar-refractivity contribution in [2.75, 3.05) is 0 Å². The summed E-state index contributed by atoms with van der Waals surface area (Å²) in [5, 5.41) is 10.4. The number of esters is 1. The first-order valence-corrected chi connectivity index (χ1v) is 9.03. The molecule has 0 radical (unpaired) electrons. The van der Waals surface area contributed by atoms with E-state index in [0.29, 0.717) is 16.5 Å². The van der Waals surface area contributed by atoms with Crippen molar-refractivity contribution in [3.8, 4) is 5.75 Å². The lowest BCUT2D eigenvalue weighted by Crippen LogP contribution is -2.35. The van der Waals surface area contributed by atoms with Gasteiger partial charge in [0.2, 0.25) is 0 Å². The van der Waals surface area contributed by atoms with Gasteiger partial charge in [-0.1, -0.05) is 23.9 Å². The van der Waals surface area contributed by atoms with Gasteiger partial charge in [0.15, 0.2) is 5.17 Å².